The van der Waals surface area contributed by atoms with Crippen molar-refractivity contribution >= 4 is 19.7 Å². The quantitative estimate of drug-likeness (QED) is 0.143. The molecular formula is C46H32N2O6S2+2. The normalized spacial score (nSPS) is 13.9. The zero-order valence-electron chi connectivity index (χ0n) is 29.6. The Morgan fingerprint density at radius 1 is 0.321 bits per heavy atom. The Kier molecular flexibility index (Phi) is 8.76. The summed E-state index contributed by atoms with van der Waals surface area (Å²) in [5.41, 5.74) is 5.38. The van der Waals surface area contributed by atoms with E-state index in [9.17, 15) is 16.8 Å². The standard InChI is InChI=1S/C46H32N2O6S2/c49-55(50)43-15-7-33(8-16-43)34-9-17-44(18-10-34)56(51,52)46-21-13-40(14-22-46)54-42-6-2-4-38(32-42)48-29-25-36(26-30-48)35-23-27-47(28-24-35)37-3-1-5-41(31-37)53-39-11-19-45(55)20-12-39/h1-32H/q+2. The molecule has 0 unspecified atom stereocenters. The van der Waals surface area contributed by atoms with Crippen molar-refractivity contribution in [2.24, 2.45) is 0 Å². The van der Waals surface area contributed by atoms with Crippen molar-refractivity contribution in [3.8, 4) is 56.6 Å². The van der Waals surface area contributed by atoms with E-state index in [1.54, 1.807) is 72.8 Å². The maximum atomic E-state index is 13.6. The second kappa shape index (κ2) is 14.1. The molecule has 0 radical (unpaired) electrons. The summed E-state index contributed by atoms with van der Waals surface area (Å²) in [5.74, 6) is 2.20. The van der Waals surface area contributed by atoms with Gasteiger partial charge >= 0.3 is 0 Å². The lowest BCUT2D eigenvalue weighted by Gasteiger charge is -2.10. The van der Waals surface area contributed by atoms with Gasteiger partial charge < -0.3 is 9.47 Å². The molecule has 8 nitrogen and oxygen atoms in total. The van der Waals surface area contributed by atoms with Gasteiger partial charge in [0.15, 0.2) is 24.8 Å². The Labute approximate surface area is 324 Å². The lowest BCUT2D eigenvalue weighted by atomic mass is 10.1. The average Bonchev–Trinajstić information content (AvgIpc) is 3.24. The first-order valence-electron chi connectivity index (χ1n) is 17.7. The molecule has 8 aromatic rings. The van der Waals surface area contributed by atoms with E-state index in [0.717, 1.165) is 33.6 Å². The van der Waals surface area contributed by atoms with Crippen LogP contribution in [0.4, 0.5) is 0 Å². The summed E-state index contributed by atoms with van der Waals surface area (Å²) >= 11 is 0. The van der Waals surface area contributed by atoms with Crippen LogP contribution in [0.15, 0.2) is 214 Å². The molecule has 0 fully saturated rings. The molecule has 272 valence electrons. The van der Waals surface area contributed by atoms with Gasteiger partial charge in [0.1, 0.15) is 23.0 Å². The molecule has 16 bridgehead atoms. The highest BCUT2D eigenvalue weighted by atomic mass is 32.2. The third-order valence-electron chi connectivity index (χ3n) is 9.63. The highest BCUT2D eigenvalue weighted by molar-refractivity contribution is 7.91. The van der Waals surface area contributed by atoms with E-state index < -0.39 is 19.7 Å². The molecule has 0 saturated heterocycles. The molecule has 2 aromatic heterocycles. The number of hydrogen-bond acceptors (Lipinski definition) is 6. The average molecular weight is 773 g/mol. The van der Waals surface area contributed by atoms with E-state index in [0.29, 0.717) is 23.0 Å². The van der Waals surface area contributed by atoms with Crippen LogP contribution in [0.1, 0.15) is 0 Å². The van der Waals surface area contributed by atoms with Crippen molar-refractivity contribution in [3.05, 3.63) is 195 Å². The summed E-state index contributed by atoms with van der Waals surface area (Å²) in [7, 11) is -7.64. The summed E-state index contributed by atoms with van der Waals surface area (Å²) in [4.78, 5) is 0.543. The molecule has 0 amide bonds. The van der Waals surface area contributed by atoms with Gasteiger partial charge in [-0.2, -0.15) is 9.13 Å². The molecule has 6 aromatic carbocycles. The Balaban J connectivity index is 1.07. The Bertz CT molecular complexity index is 2730. The van der Waals surface area contributed by atoms with Gasteiger partial charge in [-0.3, -0.25) is 0 Å². The third-order valence-corrected chi connectivity index (χ3v) is 13.2. The van der Waals surface area contributed by atoms with Crippen LogP contribution in [0.5, 0.6) is 23.0 Å². The molecule has 11 heterocycles. The Hall–Kier alpha value is -6.88. The lowest BCUT2D eigenvalue weighted by Crippen LogP contribution is -2.29. The predicted molar refractivity (Wildman–Crippen MR) is 211 cm³/mol. The van der Waals surface area contributed by atoms with Gasteiger partial charge in [0.2, 0.25) is 31.0 Å². The Morgan fingerprint density at radius 2 is 0.625 bits per heavy atom. The number of pyridine rings is 2. The lowest BCUT2D eigenvalue weighted by molar-refractivity contribution is -0.596. The zero-order chi connectivity index (χ0) is 38.3. The van der Waals surface area contributed by atoms with Crippen molar-refractivity contribution in [1.29, 1.82) is 0 Å². The second-order valence-corrected chi connectivity index (χ2v) is 17.1. The number of ether oxygens (including phenoxy) is 2. The van der Waals surface area contributed by atoms with Crippen LogP contribution < -0.4 is 18.6 Å². The van der Waals surface area contributed by atoms with Crippen LogP contribution in [0.3, 0.4) is 0 Å². The number of aromatic nitrogens is 2. The van der Waals surface area contributed by atoms with E-state index >= 15 is 0 Å². The van der Waals surface area contributed by atoms with Crippen LogP contribution in [-0.4, -0.2) is 16.8 Å². The minimum absolute atomic E-state index is 0.135. The van der Waals surface area contributed by atoms with Crippen LogP contribution in [0, 0.1) is 0 Å². The van der Waals surface area contributed by atoms with Crippen LogP contribution in [-0.2, 0) is 19.7 Å². The summed E-state index contributed by atoms with van der Waals surface area (Å²) in [6.07, 6.45) is 7.97. The van der Waals surface area contributed by atoms with E-state index in [-0.39, 0.29) is 19.6 Å². The van der Waals surface area contributed by atoms with Gasteiger partial charge in [-0.05, 0) is 107 Å². The minimum atomic E-state index is -3.82. The first-order valence-corrected chi connectivity index (χ1v) is 20.7. The van der Waals surface area contributed by atoms with E-state index in [1.807, 2.05) is 107 Å². The SMILES string of the molecule is O=S1(=O)c2ccc(cc2)Oc2cccc(c2)-[n+]2ccc(cc2)-c2cc[n+](cc2)-c2cccc(c2)Oc2ccc(cc2)S(=O)(=O)c2ccc(cc2)-c2ccc1cc2. The molecule has 0 N–H and O–H groups in total. The predicted octanol–water partition coefficient (Wildman–Crippen LogP) is 9.14. The van der Waals surface area contributed by atoms with Crippen molar-refractivity contribution < 1.29 is 35.4 Å². The first kappa shape index (κ1) is 34.9. The van der Waals surface area contributed by atoms with Gasteiger partial charge in [-0.1, -0.05) is 36.4 Å². The number of nitrogens with zero attached hydrogens (tertiary/aromatic N) is 2. The van der Waals surface area contributed by atoms with E-state index in [4.69, 9.17) is 9.47 Å². The summed E-state index contributed by atoms with van der Waals surface area (Å²) < 4.78 is 70.5. The summed E-state index contributed by atoms with van der Waals surface area (Å²) in [6, 6.07) is 49.2. The van der Waals surface area contributed by atoms with Crippen molar-refractivity contribution in [2.45, 2.75) is 19.6 Å². The van der Waals surface area contributed by atoms with Crippen molar-refractivity contribution in [1.82, 2.24) is 0 Å². The third kappa shape index (κ3) is 6.83. The first-order chi connectivity index (χ1) is 27.2. The fourth-order valence-electron chi connectivity index (χ4n) is 6.57. The van der Waals surface area contributed by atoms with Gasteiger partial charge in [0.05, 0.1) is 31.7 Å². The largest absolute Gasteiger partial charge is 0.457 e. The van der Waals surface area contributed by atoms with Gasteiger partial charge in [-0.15, -0.1) is 0 Å². The minimum Gasteiger partial charge on any atom is -0.457 e. The topological polar surface area (TPSA) is 94.5 Å². The number of rotatable bonds is 0. The second-order valence-electron chi connectivity index (χ2n) is 13.2. The van der Waals surface area contributed by atoms with E-state index in [2.05, 4.69) is 0 Å². The van der Waals surface area contributed by atoms with Crippen LogP contribution in [0.2, 0.25) is 0 Å². The molecule has 56 heavy (non-hydrogen) atoms. The monoisotopic (exact) mass is 772 g/mol. The molecule has 0 aliphatic carbocycles. The summed E-state index contributed by atoms with van der Waals surface area (Å²) in [5, 5.41) is 0. The van der Waals surface area contributed by atoms with E-state index in [1.165, 1.54) is 24.3 Å². The van der Waals surface area contributed by atoms with Gasteiger partial charge in [-0.25, -0.2) is 16.8 Å². The number of sulfone groups is 2. The molecule has 0 saturated carbocycles. The smallest absolute Gasteiger partial charge is 0.214 e. The maximum Gasteiger partial charge on any atom is 0.214 e. The molecule has 17 rings (SSSR count). The molecule has 10 heteroatoms. The molecule has 0 spiro atoms. The fraction of sp³-hybridized carbons (Fsp3) is 0. The van der Waals surface area contributed by atoms with Crippen molar-refractivity contribution in [2.75, 3.05) is 0 Å². The van der Waals surface area contributed by atoms with Crippen molar-refractivity contribution in [3.63, 3.8) is 0 Å². The van der Waals surface area contributed by atoms with Crippen LogP contribution in [0.25, 0.3) is 33.6 Å². The number of fused-ring (bicyclic) bond motifs is 2. The summed E-state index contributed by atoms with van der Waals surface area (Å²) in [6.45, 7) is 0. The molecule has 9 aliphatic heterocycles. The van der Waals surface area contributed by atoms with Crippen LogP contribution >= 0.6 is 0 Å². The zero-order valence-corrected chi connectivity index (χ0v) is 31.3. The van der Waals surface area contributed by atoms with Gasteiger partial charge in [0, 0.05) is 36.4 Å². The highest BCUT2D eigenvalue weighted by Gasteiger charge is 2.20. The fourth-order valence-corrected chi connectivity index (χ4v) is 9.09. The van der Waals surface area contributed by atoms with Gasteiger partial charge in [0.25, 0.3) is 0 Å². The maximum absolute atomic E-state index is 13.6. The molecule has 0 atom stereocenters. The number of benzene rings is 6. The molecular weight excluding hydrogens is 741 g/mol. The molecule has 9 aliphatic rings. The Morgan fingerprint density at radius 3 is 0.964 bits per heavy atom. The highest BCUT2D eigenvalue weighted by Crippen LogP contribution is 2.31. The number of hydrogen-bond donors (Lipinski definition) is 0.